The Kier molecular flexibility index (Phi) is 4.80. The third-order valence-electron chi connectivity index (χ3n) is 4.87. The Hall–Kier alpha value is -1.80. The van der Waals surface area contributed by atoms with Crippen molar-refractivity contribution in [1.29, 1.82) is 0 Å². The number of rotatable bonds is 6. The Morgan fingerprint density at radius 2 is 2.12 bits per heavy atom. The Labute approximate surface area is 151 Å². The van der Waals surface area contributed by atoms with Gasteiger partial charge in [-0.1, -0.05) is 11.8 Å². The van der Waals surface area contributed by atoms with E-state index in [0.29, 0.717) is 28.5 Å². The lowest BCUT2D eigenvalue weighted by Crippen LogP contribution is -2.45. The highest BCUT2D eigenvalue weighted by atomic mass is 32.2. The third kappa shape index (κ3) is 3.90. The molecule has 1 aliphatic heterocycles. The van der Waals surface area contributed by atoms with Crippen LogP contribution in [0, 0.1) is 0 Å². The van der Waals surface area contributed by atoms with Crippen LogP contribution in [0.2, 0.25) is 0 Å². The number of hydrogen-bond donors (Lipinski definition) is 1. The van der Waals surface area contributed by atoms with Crippen molar-refractivity contribution in [2.75, 3.05) is 18.8 Å². The number of carbonyl (C=O) groups is 1. The van der Waals surface area contributed by atoms with Crippen LogP contribution < -0.4 is 5.32 Å². The summed E-state index contributed by atoms with van der Waals surface area (Å²) in [5.41, 5.74) is 0. The van der Waals surface area contributed by atoms with Gasteiger partial charge in [-0.15, -0.1) is 10.2 Å². The van der Waals surface area contributed by atoms with Crippen molar-refractivity contribution in [3.8, 4) is 11.6 Å². The molecule has 0 atom stereocenters. The second kappa shape index (κ2) is 7.21. The zero-order valence-electron chi connectivity index (χ0n) is 14.4. The molecule has 0 spiro atoms. The third-order valence-corrected chi connectivity index (χ3v) is 5.89. The van der Waals surface area contributed by atoms with E-state index in [-0.39, 0.29) is 5.91 Å². The Morgan fingerprint density at radius 1 is 1.32 bits per heavy atom. The van der Waals surface area contributed by atoms with Crippen molar-refractivity contribution in [3.05, 3.63) is 18.4 Å². The first-order chi connectivity index (χ1) is 12.2. The van der Waals surface area contributed by atoms with Gasteiger partial charge in [0.2, 0.25) is 5.91 Å². The predicted molar refractivity (Wildman–Crippen MR) is 95.2 cm³/mol. The average molecular weight is 361 g/mol. The van der Waals surface area contributed by atoms with Crippen molar-refractivity contribution in [2.24, 2.45) is 7.05 Å². The molecule has 0 bridgehead atoms. The molecular weight excluding hydrogens is 338 g/mol. The van der Waals surface area contributed by atoms with Gasteiger partial charge in [-0.3, -0.25) is 4.79 Å². The number of likely N-dealkylation sites (tertiary alicyclic amines) is 1. The highest BCUT2D eigenvalue weighted by Crippen LogP contribution is 2.29. The first-order valence-electron chi connectivity index (χ1n) is 8.80. The fourth-order valence-electron chi connectivity index (χ4n) is 3.31. The molecule has 25 heavy (non-hydrogen) atoms. The molecule has 1 saturated carbocycles. The van der Waals surface area contributed by atoms with Gasteiger partial charge in [0, 0.05) is 32.2 Å². The van der Waals surface area contributed by atoms with Gasteiger partial charge in [0.1, 0.15) is 0 Å². The molecule has 1 saturated heterocycles. The zero-order chi connectivity index (χ0) is 17.2. The van der Waals surface area contributed by atoms with Crippen LogP contribution in [0.15, 0.2) is 28.0 Å². The highest BCUT2D eigenvalue weighted by Gasteiger charge is 2.32. The van der Waals surface area contributed by atoms with Crippen molar-refractivity contribution in [1.82, 2.24) is 25.0 Å². The van der Waals surface area contributed by atoms with Crippen LogP contribution in [0.4, 0.5) is 0 Å². The van der Waals surface area contributed by atoms with E-state index in [1.807, 2.05) is 23.7 Å². The van der Waals surface area contributed by atoms with Gasteiger partial charge >= 0.3 is 0 Å². The Morgan fingerprint density at radius 3 is 2.80 bits per heavy atom. The number of piperidine rings is 1. The van der Waals surface area contributed by atoms with Gasteiger partial charge in [-0.2, -0.15) is 0 Å². The molecule has 0 aromatic carbocycles. The molecule has 2 fully saturated rings. The summed E-state index contributed by atoms with van der Waals surface area (Å²) < 4.78 is 7.21. The normalized spacial score (nSPS) is 19.2. The summed E-state index contributed by atoms with van der Waals surface area (Å²) >= 11 is 1.40. The lowest BCUT2D eigenvalue weighted by Gasteiger charge is -2.32. The fourth-order valence-corrected chi connectivity index (χ4v) is 4.03. The molecule has 7 nitrogen and oxygen atoms in total. The fraction of sp³-hybridized carbons (Fsp3) is 0.588. The summed E-state index contributed by atoms with van der Waals surface area (Å²) in [5, 5.41) is 12.2. The van der Waals surface area contributed by atoms with Crippen molar-refractivity contribution >= 4 is 17.7 Å². The van der Waals surface area contributed by atoms with Crippen LogP contribution in [0.3, 0.4) is 0 Å². The second-order valence-electron chi connectivity index (χ2n) is 6.74. The van der Waals surface area contributed by atoms with E-state index in [1.165, 1.54) is 24.6 Å². The number of amides is 1. The Bertz CT molecular complexity index is 717. The molecule has 4 rings (SSSR count). The van der Waals surface area contributed by atoms with Crippen LogP contribution in [0.5, 0.6) is 0 Å². The number of nitrogens with zero attached hydrogens (tertiary/aromatic N) is 4. The van der Waals surface area contributed by atoms with Crippen LogP contribution in [0.1, 0.15) is 25.7 Å². The number of thioether (sulfide) groups is 1. The van der Waals surface area contributed by atoms with E-state index in [2.05, 4.69) is 20.4 Å². The number of carbonyl (C=O) groups excluding carboxylic acids is 1. The van der Waals surface area contributed by atoms with E-state index in [0.717, 1.165) is 32.0 Å². The number of furan rings is 1. The first-order valence-corrected chi connectivity index (χ1v) is 9.79. The molecule has 0 unspecified atom stereocenters. The minimum Gasteiger partial charge on any atom is -0.461 e. The molecule has 1 N–H and O–H groups in total. The summed E-state index contributed by atoms with van der Waals surface area (Å²) in [6.07, 6.45) is 6.43. The number of hydrogen-bond acceptors (Lipinski definition) is 6. The maximum absolute atomic E-state index is 12.2. The molecule has 2 aromatic rings. The second-order valence-corrected chi connectivity index (χ2v) is 7.68. The standard InChI is InChI=1S/C17H23N5O2S/c1-21-16(14-3-2-10-24-14)19-20-17(21)25-11-15(23)18-12-6-8-22(9-7-12)13-4-5-13/h2-3,10,12-13H,4-9,11H2,1H3,(H,18,23). The summed E-state index contributed by atoms with van der Waals surface area (Å²) in [6.45, 7) is 2.22. The molecule has 1 amide bonds. The smallest absolute Gasteiger partial charge is 0.230 e. The molecule has 2 aromatic heterocycles. The molecule has 1 aliphatic carbocycles. The summed E-state index contributed by atoms with van der Waals surface area (Å²) in [7, 11) is 1.88. The average Bonchev–Trinajstić information content (AvgIpc) is 3.20. The number of nitrogens with one attached hydrogen (secondary N) is 1. The minimum absolute atomic E-state index is 0.0671. The summed E-state index contributed by atoms with van der Waals surface area (Å²) in [4.78, 5) is 14.8. The molecule has 8 heteroatoms. The summed E-state index contributed by atoms with van der Waals surface area (Å²) in [5.74, 6) is 1.76. The van der Waals surface area contributed by atoms with Gasteiger partial charge in [0.25, 0.3) is 0 Å². The van der Waals surface area contributed by atoms with E-state index in [9.17, 15) is 4.79 Å². The van der Waals surface area contributed by atoms with E-state index >= 15 is 0 Å². The van der Waals surface area contributed by atoms with Crippen molar-refractivity contribution in [2.45, 2.75) is 42.9 Å². The SMILES string of the molecule is Cn1c(SCC(=O)NC2CCN(C3CC3)CC2)nnc1-c1ccco1. The predicted octanol–water partition coefficient (Wildman–Crippen LogP) is 1.91. The monoisotopic (exact) mass is 361 g/mol. The van der Waals surface area contributed by atoms with E-state index in [4.69, 9.17) is 4.42 Å². The number of aromatic nitrogens is 3. The van der Waals surface area contributed by atoms with Crippen LogP contribution in [0.25, 0.3) is 11.6 Å². The highest BCUT2D eigenvalue weighted by molar-refractivity contribution is 7.99. The quantitative estimate of drug-likeness (QED) is 0.792. The van der Waals surface area contributed by atoms with E-state index in [1.54, 1.807) is 6.26 Å². The van der Waals surface area contributed by atoms with Gasteiger partial charge in [0.15, 0.2) is 16.7 Å². The zero-order valence-corrected chi connectivity index (χ0v) is 15.2. The van der Waals surface area contributed by atoms with Gasteiger partial charge < -0.3 is 19.2 Å². The topological polar surface area (TPSA) is 76.2 Å². The maximum atomic E-state index is 12.2. The lowest BCUT2D eigenvalue weighted by atomic mass is 10.1. The van der Waals surface area contributed by atoms with Crippen molar-refractivity contribution in [3.63, 3.8) is 0 Å². The van der Waals surface area contributed by atoms with Crippen LogP contribution in [-0.4, -0.2) is 56.5 Å². The molecule has 3 heterocycles. The van der Waals surface area contributed by atoms with Gasteiger partial charge in [-0.25, -0.2) is 0 Å². The van der Waals surface area contributed by atoms with Crippen LogP contribution in [-0.2, 0) is 11.8 Å². The Balaban J connectivity index is 1.25. The maximum Gasteiger partial charge on any atom is 0.230 e. The first kappa shape index (κ1) is 16.7. The molecule has 2 aliphatic rings. The van der Waals surface area contributed by atoms with Crippen LogP contribution >= 0.6 is 11.8 Å². The molecular formula is C17H23N5O2S. The summed E-state index contributed by atoms with van der Waals surface area (Å²) in [6, 6.07) is 4.80. The molecule has 134 valence electrons. The lowest BCUT2D eigenvalue weighted by molar-refractivity contribution is -0.119. The van der Waals surface area contributed by atoms with Gasteiger partial charge in [0.05, 0.1) is 12.0 Å². The van der Waals surface area contributed by atoms with Gasteiger partial charge in [-0.05, 0) is 37.8 Å². The molecule has 0 radical (unpaired) electrons. The van der Waals surface area contributed by atoms with E-state index < -0.39 is 0 Å². The largest absolute Gasteiger partial charge is 0.461 e. The minimum atomic E-state index is 0.0671. The van der Waals surface area contributed by atoms with Crippen molar-refractivity contribution < 1.29 is 9.21 Å².